The highest BCUT2D eigenvalue weighted by Gasteiger charge is 2.44. The number of morpholine rings is 1. The summed E-state index contributed by atoms with van der Waals surface area (Å²) in [5.41, 5.74) is 1.39. The maximum atomic E-state index is 13.6. The lowest BCUT2D eigenvalue weighted by atomic mass is 9.95. The van der Waals surface area contributed by atoms with Crippen LogP contribution in [0.1, 0.15) is 28.6 Å². The van der Waals surface area contributed by atoms with Gasteiger partial charge in [0.15, 0.2) is 11.5 Å². The number of furan rings is 1. The fourth-order valence-electron chi connectivity index (χ4n) is 4.62. The summed E-state index contributed by atoms with van der Waals surface area (Å²) >= 11 is 3.44. The van der Waals surface area contributed by atoms with Crippen molar-refractivity contribution >= 4 is 38.6 Å². The molecule has 0 radical (unpaired) electrons. The Morgan fingerprint density at radius 3 is 2.53 bits per heavy atom. The lowest BCUT2D eigenvalue weighted by Crippen LogP contribution is -2.39. The van der Waals surface area contributed by atoms with Gasteiger partial charge in [-0.1, -0.05) is 46.3 Å². The van der Waals surface area contributed by atoms with Crippen molar-refractivity contribution in [1.82, 2.24) is 9.80 Å². The number of Topliss-reactive ketones (excluding diaryl/α,β-unsaturated/α-hetero) is 1. The summed E-state index contributed by atoms with van der Waals surface area (Å²) in [5.74, 6) is -1.42. The molecule has 0 bridgehead atoms. The fraction of sp³-hybridized carbons (Fsp3) is 0.308. The topological polar surface area (TPSA) is 83.2 Å². The molecule has 8 heteroatoms. The molecule has 1 atom stereocenters. The Hall–Kier alpha value is -2.94. The number of ether oxygens (including phenoxy) is 1. The second-order valence-electron chi connectivity index (χ2n) is 8.50. The number of aliphatic hydroxyl groups is 1. The minimum Gasteiger partial charge on any atom is -0.503 e. The molecule has 1 N–H and O–H groups in total. The molecule has 0 aliphatic carbocycles. The highest BCUT2D eigenvalue weighted by atomic mass is 79.9. The van der Waals surface area contributed by atoms with Crippen LogP contribution in [-0.4, -0.2) is 66.0 Å². The van der Waals surface area contributed by atoms with Crippen LogP contribution in [0.3, 0.4) is 0 Å². The molecule has 0 spiro atoms. The van der Waals surface area contributed by atoms with Gasteiger partial charge in [0.05, 0.1) is 24.8 Å². The summed E-state index contributed by atoms with van der Waals surface area (Å²) in [4.78, 5) is 30.6. The Labute approximate surface area is 205 Å². The molecule has 34 heavy (non-hydrogen) atoms. The molecule has 7 nitrogen and oxygen atoms in total. The molecule has 176 valence electrons. The van der Waals surface area contributed by atoms with Gasteiger partial charge in [0.1, 0.15) is 5.58 Å². The number of para-hydroxylation sites is 1. The second-order valence-corrected chi connectivity index (χ2v) is 9.42. The predicted octanol–water partition coefficient (Wildman–Crippen LogP) is 4.50. The van der Waals surface area contributed by atoms with Crippen molar-refractivity contribution in [2.24, 2.45) is 0 Å². The number of amides is 1. The van der Waals surface area contributed by atoms with Crippen LogP contribution < -0.4 is 0 Å². The summed E-state index contributed by atoms with van der Waals surface area (Å²) in [6.07, 6.45) is 0.720. The number of halogens is 1. The van der Waals surface area contributed by atoms with E-state index in [1.807, 2.05) is 42.5 Å². The Kier molecular flexibility index (Phi) is 6.54. The predicted molar refractivity (Wildman–Crippen MR) is 131 cm³/mol. The number of hydrogen-bond donors (Lipinski definition) is 1. The Morgan fingerprint density at radius 2 is 1.79 bits per heavy atom. The number of nitrogens with zero attached hydrogens (tertiary/aromatic N) is 2. The number of hydrogen-bond acceptors (Lipinski definition) is 6. The SMILES string of the molecule is O=C(C1=C(O)C(=O)N(CCCN2CCOCC2)C1c1ccc(Br)cc1)c1cc2ccccc2o1. The minimum absolute atomic E-state index is 0.0535. The summed E-state index contributed by atoms with van der Waals surface area (Å²) < 4.78 is 12.1. The van der Waals surface area contributed by atoms with Gasteiger partial charge < -0.3 is 19.2 Å². The van der Waals surface area contributed by atoms with Crippen molar-refractivity contribution in [2.75, 3.05) is 39.4 Å². The van der Waals surface area contributed by atoms with Crippen LogP contribution in [0.25, 0.3) is 11.0 Å². The molecule has 1 aromatic heterocycles. The Morgan fingerprint density at radius 1 is 1.06 bits per heavy atom. The number of carbonyl (C=O) groups is 2. The molecule has 1 unspecified atom stereocenters. The van der Waals surface area contributed by atoms with Crippen LogP contribution in [0.2, 0.25) is 0 Å². The highest BCUT2D eigenvalue weighted by Crippen LogP contribution is 2.40. The third-order valence-electron chi connectivity index (χ3n) is 6.36. The van der Waals surface area contributed by atoms with E-state index in [1.54, 1.807) is 17.0 Å². The standard InChI is InChI=1S/C26H25BrN2O5/c27-19-8-6-17(7-9-19)23-22(24(30)21-16-18-4-1-2-5-20(18)34-21)25(31)26(32)29(23)11-3-10-28-12-14-33-15-13-28/h1-2,4-9,16,23,31H,3,10-15H2. The van der Waals surface area contributed by atoms with E-state index in [9.17, 15) is 14.7 Å². The van der Waals surface area contributed by atoms with Gasteiger partial charge in [0, 0.05) is 36.0 Å². The molecule has 2 aromatic carbocycles. The van der Waals surface area contributed by atoms with E-state index in [0.717, 1.165) is 41.5 Å². The van der Waals surface area contributed by atoms with Gasteiger partial charge >= 0.3 is 0 Å². The molecule has 2 aliphatic rings. The number of benzene rings is 2. The maximum Gasteiger partial charge on any atom is 0.290 e. The van der Waals surface area contributed by atoms with Gasteiger partial charge in [-0.15, -0.1) is 0 Å². The third-order valence-corrected chi connectivity index (χ3v) is 6.89. The van der Waals surface area contributed by atoms with Crippen molar-refractivity contribution < 1.29 is 23.8 Å². The first kappa shape index (κ1) is 22.8. The fourth-order valence-corrected chi connectivity index (χ4v) is 4.89. The summed E-state index contributed by atoms with van der Waals surface area (Å²) in [6, 6.07) is 15.8. The molecule has 0 saturated carbocycles. The molecule has 1 saturated heterocycles. The van der Waals surface area contributed by atoms with Crippen molar-refractivity contribution in [3.63, 3.8) is 0 Å². The first-order chi connectivity index (χ1) is 16.5. The van der Waals surface area contributed by atoms with Crippen molar-refractivity contribution in [1.29, 1.82) is 0 Å². The number of ketones is 1. The number of aliphatic hydroxyl groups excluding tert-OH is 1. The van der Waals surface area contributed by atoms with E-state index in [-0.39, 0.29) is 11.3 Å². The summed E-state index contributed by atoms with van der Waals surface area (Å²) in [5, 5.41) is 11.6. The van der Waals surface area contributed by atoms with Crippen LogP contribution in [0, 0.1) is 0 Å². The Bertz CT molecular complexity index is 1210. The third kappa shape index (κ3) is 4.41. The average Bonchev–Trinajstić information content (AvgIpc) is 3.40. The largest absolute Gasteiger partial charge is 0.503 e. The summed E-state index contributed by atoms with van der Waals surface area (Å²) in [7, 11) is 0. The maximum absolute atomic E-state index is 13.6. The van der Waals surface area contributed by atoms with Crippen LogP contribution >= 0.6 is 15.9 Å². The average molecular weight is 525 g/mol. The zero-order valence-electron chi connectivity index (χ0n) is 18.6. The molecule has 3 heterocycles. The number of rotatable bonds is 7. The van der Waals surface area contributed by atoms with E-state index < -0.39 is 23.5 Å². The van der Waals surface area contributed by atoms with Gasteiger partial charge in [0.2, 0.25) is 5.78 Å². The van der Waals surface area contributed by atoms with Crippen molar-refractivity contribution in [3.05, 3.63) is 81.7 Å². The smallest absolute Gasteiger partial charge is 0.290 e. The van der Waals surface area contributed by atoms with Crippen LogP contribution in [0.5, 0.6) is 0 Å². The first-order valence-corrected chi connectivity index (χ1v) is 12.1. The lowest BCUT2D eigenvalue weighted by Gasteiger charge is -2.30. The Balaban J connectivity index is 1.45. The van der Waals surface area contributed by atoms with Crippen molar-refractivity contribution in [3.8, 4) is 0 Å². The monoisotopic (exact) mass is 524 g/mol. The van der Waals surface area contributed by atoms with Crippen LogP contribution in [-0.2, 0) is 9.53 Å². The van der Waals surface area contributed by atoms with Gasteiger partial charge in [-0.25, -0.2) is 0 Å². The number of fused-ring (bicyclic) bond motifs is 1. The van der Waals surface area contributed by atoms with E-state index in [1.165, 1.54) is 0 Å². The van der Waals surface area contributed by atoms with Gasteiger partial charge in [-0.3, -0.25) is 14.5 Å². The number of carbonyl (C=O) groups excluding carboxylic acids is 2. The molecule has 5 rings (SSSR count). The highest BCUT2D eigenvalue weighted by molar-refractivity contribution is 9.10. The second kappa shape index (κ2) is 9.74. The molecular formula is C26H25BrN2O5. The van der Waals surface area contributed by atoms with E-state index >= 15 is 0 Å². The van der Waals surface area contributed by atoms with E-state index in [0.29, 0.717) is 25.3 Å². The van der Waals surface area contributed by atoms with Crippen molar-refractivity contribution in [2.45, 2.75) is 12.5 Å². The normalized spacial score (nSPS) is 19.4. The minimum atomic E-state index is -0.689. The molecular weight excluding hydrogens is 500 g/mol. The molecule has 2 aliphatic heterocycles. The van der Waals surface area contributed by atoms with E-state index in [2.05, 4.69) is 20.8 Å². The first-order valence-electron chi connectivity index (χ1n) is 11.4. The quantitative estimate of drug-likeness (QED) is 0.458. The molecule has 1 amide bonds. The summed E-state index contributed by atoms with van der Waals surface area (Å²) in [6.45, 7) is 4.38. The van der Waals surface area contributed by atoms with Gasteiger partial charge in [-0.2, -0.15) is 0 Å². The van der Waals surface area contributed by atoms with Crippen LogP contribution in [0.4, 0.5) is 0 Å². The zero-order valence-corrected chi connectivity index (χ0v) is 20.2. The van der Waals surface area contributed by atoms with E-state index in [4.69, 9.17) is 9.15 Å². The van der Waals surface area contributed by atoms with Crippen LogP contribution in [0.15, 0.2) is 74.8 Å². The van der Waals surface area contributed by atoms with Gasteiger partial charge in [0.25, 0.3) is 5.91 Å². The lowest BCUT2D eigenvalue weighted by molar-refractivity contribution is -0.129. The molecule has 3 aromatic rings. The zero-order chi connectivity index (χ0) is 23.7. The van der Waals surface area contributed by atoms with Gasteiger partial charge in [-0.05, 0) is 36.2 Å². The molecule has 1 fully saturated rings.